The molecule has 2 aromatic carbocycles. The molecule has 0 fully saturated rings. The maximum absolute atomic E-state index is 12.2. The van der Waals surface area contributed by atoms with Crippen LogP contribution in [0.4, 0.5) is 5.69 Å². The standard InChI is InChI=1S/C15H18N2O3S/c1-20-14-3-2-4-15(11-14)21(18,19)17-10-9-12-5-7-13(16)8-6-12/h2-8,11,17H,9-10,16H2,1H3. The lowest BCUT2D eigenvalue weighted by molar-refractivity contribution is 0.413. The summed E-state index contributed by atoms with van der Waals surface area (Å²) in [5.41, 5.74) is 7.32. The smallest absolute Gasteiger partial charge is 0.240 e. The Morgan fingerprint density at radius 3 is 2.52 bits per heavy atom. The molecule has 0 amide bonds. The Morgan fingerprint density at radius 1 is 1.14 bits per heavy atom. The number of anilines is 1. The Bertz CT molecular complexity index is 697. The number of hydrogen-bond donors (Lipinski definition) is 2. The first-order valence-electron chi connectivity index (χ1n) is 6.49. The van der Waals surface area contributed by atoms with Crippen molar-refractivity contribution in [2.75, 3.05) is 19.4 Å². The summed E-state index contributed by atoms with van der Waals surface area (Å²) in [6.07, 6.45) is 0.601. The maximum Gasteiger partial charge on any atom is 0.240 e. The van der Waals surface area contributed by atoms with E-state index in [4.69, 9.17) is 10.5 Å². The van der Waals surface area contributed by atoms with Gasteiger partial charge in [-0.15, -0.1) is 0 Å². The van der Waals surface area contributed by atoms with E-state index in [1.807, 2.05) is 12.1 Å². The van der Waals surface area contributed by atoms with Gasteiger partial charge < -0.3 is 10.5 Å². The van der Waals surface area contributed by atoms with E-state index in [0.717, 1.165) is 5.56 Å². The van der Waals surface area contributed by atoms with Gasteiger partial charge >= 0.3 is 0 Å². The highest BCUT2D eigenvalue weighted by molar-refractivity contribution is 7.89. The number of nitrogen functional groups attached to an aromatic ring is 1. The lowest BCUT2D eigenvalue weighted by atomic mass is 10.1. The van der Waals surface area contributed by atoms with Crippen molar-refractivity contribution in [3.8, 4) is 5.75 Å². The molecule has 3 N–H and O–H groups in total. The molecule has 0 atom stereocenters. The Labute approximate surface area is 124 Å². The van der Waals surface area contributed by atoms with E-state index in [1.165, 1.54) is 19.2 Å². The zero-order chi connectivity index (χ0) is 15.3. The van der Waals surface area contributed by atoms with Crippen LogP contribution in [0.5, 0.6) is 5.75 Å². The van der Waals surface area contributed by atoms with Gasteiger partial charge in [-0.3, -0.25) is 0 Å². The summed E-state index contributed by atoms with van der Waals surface area (Å²) >= 11 is 0. The van der Waals surface area contributed by atoms with Crippen LogP contribution in [0.25, 0.3) is 0 Å². The first kappa shape index (κ1) is 15.3. The summed E-state index contributed by atoms with van der Waals surface area (Å²) in [7, 11) is -2.03. The molecule has 0 aromatic heterocycles. The normalized spacial score (nSPS) is 11.3. The molecule has 0 saturated heterocycles. The van der Waals surface area contributed by atoms with Crippen LogP contribution in [-0.4, -0.2) is 22.1 Å². The molecule has 2 aromatic rings. The summed E-state index contributed by atoms with van der Waals surface area (Å²) in [4.78, 5) is 0.194. The van der Waals surface area contributed by atoms with E-state index in [1.54, 1.807) is 24.3 Å². The van der Waals surface area contributed by atoms with Gasteiger partial charge in [0.25, 0.3) is 0 Å². The quantitative estimate of drug-likeness (QED) is 0.797. The van der Waals surface area contributed by atoms with E-state index in [9.17, 15) is 8.42 Å². The third kappa shape index (κ3) is 4.21. The van der Waals surface area contributed by atoms with Gasteiger partial charge in [0.2, 0.25) is 10.0 Å². The maximum atomic E-state index is 12.2. The van der Waals surface area contributed by atoms with Crippen LogP contribution >= 0.6 is 0 Å². The first-order chi connectivity index (χ1) is 10.0. The Morgan fingerprint density at radius 2 is 1.86 bits per heavy atom. The number of methoxy groups -OCH3 is 1. The molecule has 0 heterocycles. The van der Waals surface area contributed by atoms with E-state index in [0.29, 0.717) is 24.4 Å². The number of rotatable bonds is 6. The minimum absolute atomic E-state index is 0.194. The summed E-state index contributed by atoms with van der Waals surface area (Å²) in [6, 6.07) is 13.7. The van der Waals surface area contributed by atoms with Gasteiger partial charge in [-0.25, -0.2) is 13.1 Å². The monoisotopic (exact) mass is 306 g/mol. The van der Waals surface area contributed by atoms with Gasteiger partial charge in [-0.2, -0.15) is 0 Å². The summed E-state index contributed by atoms with van der Waals surface area (Å²) in [6.45, 7) is 0.323. The van der Waals surface area contributed by atoms with Gasteiger partial charge in [0.15, 0.2) is 0 Å². The lowest BCUT2D eigenvalue weighted by Gasteiger charge is -2.08. The molecule has 0 unspecified atom stereocenters. The molecule has 0 aliphatic rings. The highest BCUT2D eigenvalue weighted by atomic mass is 32.2. The van der Waals surface area contributed by atoms with Crippen LogP contribution in [0.2, 0.25) is 0 Å². The number of nitrogens with two attached hydrogens (primary N) is 1. The number of benzene rings is 2. The van der Waals surface area contributed by atoms with Crippen LogP contribution in [0.3, 0.4) is 0 Å². The van der Waals surface area contributed by atoms with Crippen LogP contribution < -0.4 is 15.2 Å². The average Bonchev–Trinajstić information content (AvgIpc) is 2.49. The van der Waals surface area contributed by atoms with Crippen LogP contribution in [0.15, 0.2) is 53.4 Å². The van der Waals surface area contributed by atoms with Crippen LogP contribution in [0.1, 0.15) is 5.56 Å². The molecule has 0 bridgehead atoms. The molecule has 6 heteroatoms. The lowest BCUT2D eigenvalue weighted by Crippen LogP contribution is -2.26. The highest BCUT2D eigenvalue weighted by Gasteiger charge is 2.13. The molecule has 5 nitrogen and oxygen atoms in total. The third-order valence-corrected chi connectivity index (χ3v) is 4.50. The third-order valence-electron chi connectivity index (χ3n) is 3.04. The minimum atomic E-state index is -3.53. The molecule has 0 saturated carbocycles. The van der Waals surface area contributed by atoms with Crippen molar-refractivity contribution in [2.24, 2.45) is 0 Å². The van der Waals surface area contributed by atoms with Gasteiger partial charge in [-0.05, 0) is 36.2 Å². The van der Waals surface area contributed by atoms with Gasteiger partial charge in [0.1, 0.15) is 5.75 Å². The number of sulfonamides is 1. The van der Waals surface area contributed by atoms with Crippen molar-refractivity contribution in [1.29, 1.82) is 0 Å². The number of ether oxygens (including phenoxy) is 1. The van der Waals surface area contributed by atoms with E-state index in [2.05, 4.69) is 4.72 Å². The van der Waals surface area contributed by atoms with Crippen molar-refractivity contribution >= 4 is 15.7 Å². The molecule has 2 rings (SSSR count). The summed E-state index contributed by atoms with van der Waals surface area (Å²) < 4.78 is 31.9. The molecule has 0 aliphatic carbocycles. The van der Waals surface area contributed by atoms with Crippen LogP contribution in [0, 0.1) is 0 Å². The highest BCUT2D eigenvalue weighted by Crippen LogP contribution is 2.16. The zero-order valence-electron chi connectivity index (χ0n) is 11.7. The molecule has 0 spiro atoms. The fraction of sp³-hybridized carbons (Fsp3) is 0.200. The minimum Gasteiger partial charge on any atom is -0.497 e. The van der Waals surface area contributed by atoms with Gasteiger partial charge in [0.05, 0.1) is 12.0 Å². The predicted molar refractivity (Wildman–Crippen MR) is 82.7 cm³/mol. The molecule has 0 radical (unpaired) electrons. The zero-order valence-corrected chi connectivity index (χ0v) is 12.6. The largest absolute Gasteiger partial charge is 0.497 e. The molecule has 0 aliphatic heterocycles. The van der Waals surface area contributed by atoms with Crippen LogP contribution in [-0.2, 0) is 16.4 Å². The van der Waals surface area contributed by atoms with E-state index in [-0.39, 0.29) is 4.90 Å². The predicted octanol–water partition coefficient (Wildman–Crippen LogP) is 1.80. The SMILES string of the molecule is COc1cccc(S(=O)(=O)NCCc2ccc(N)cc2)c1. The Hall–Kier alpha value is -2.05. The number of hydrogen-bond acceptors (Lipinski definition) is 4. The van der Waals surface area contributed by atoms with Crippen molar-refractivity contribution in [1.82, 2.24) is 4.72 Å². The average molecular weight is 306 g/mol. The fourth-order valence-electron chi connectivity index (χ4n) is 1.87. The van der Waals surface area contributed by atoms with Crippen molar-refractivity contribution in [3.05, 3.63) is 54.1 Å². The summed E-state index contributed by atoms with van der Waals surface area (Å²) in [5.74, 6) is 0.511. The molecule has 112 valence electrons. The molecular formula is C15H18N2O3S. The molecular weight excluding hydrogens is 288 g/mol. The second kappa shape index (κ2) is 6.60. The topological polar surface area (TPSA) is 81.4 Å². The van der Waals surface area contributed by atoms with Crippen molar-refractivity contribution in [3.63, 3.8) is 0 Å². The number of nitrogens with one attached hydrogen (secondary N) is 1. The second-order valence-corrected chi connectivity index (χ2v) is 6.34. The first-order valence-corrected chi connectivity index (χ1v) is 7.98. The summed E-state index contributed by atoms with van der Waals surface area (Å²) in [5, 5.41) is 0. The Balaban J connectivity index is 1.99. The second-order valence-electron chi connectivity index (χ2n) is 4.57. The molecule has 21 heavy (non-hydrogen) atoms. The van der Waals surface area contributed by atoms with E-state index >= 15 is 0 Å². The van der Waals surface area contributed by atoms with Crippen molar-refractivity contribution < 1.29 is 13.2 Å². The van der Waals surface area contributed by atoms with Crippen molar-refractivity contribution in [2.45, 2.75) is 11.3 Å². The van der Waals surface area contributed by atoms with E-state index < -0.39 is 10.0 Å². The fourth-order valence-corrected chi connectivity index (χ4v) is 2.93. The van der Waals surface area contributed by atoms with Gasteiger partial charge in [-0.1, -0.05) is 18.2 Å². The van der Waals surface area contributed by atoms with Gasteiger partial charge in [0, 0.05) is 18.3 Å². The Kier molecular flexibility index (Phi) is 4.82.